The first kappa shape index (κ1) is 24.2. The Balaban J connectivity index is 1.35. The van der Waals surface area contributed by atoms with Crippen LogP contribution >= 0.6 is 11.8 Å². The van der Waals surface area contributed by atoms with E-state index in [1.165, 1.54) is 22.7 Å². The molecule has 0 spiro atoms. The Kier molecular flexibility index (Phi) is 7.30. The van der Waals surface area contributed by atoms with Crippen molar-refractivity contribution in [1.82, 2.24) is 25.1 Å². The SMILES string of the molecule is O=C(CSc1ccc2nnc(CCNC(=O)c3ccccc3)n2n1)Nc1ccccc1C(F)(F)F. The summed E-state index contributed by atoms with van der Waals surface area (Å²) < 4.78 is 40.9. The number of nitrogens with zero attached hydrogens (tertiary/aromatic N) is 4. The highest BCUT2D eigenvalue weighted by molar-refractivity contribution is 7.99. The van der Waals surface area contributed by atoms with Gasteiger partial charge in [-0.15, -0.1) is 10.2 Å². The molecule has 8 nitrogen and oxygen atoms in total. The monoisotopic (exact) mass is 500 g/mol. The number of thioether (sulfide) groups is 1. The van der Waals surface area contributed by atoms with E-state index in [-0.39, 0.29) is 17.3 Å². The molecule has 2 N–H and O–H groups in total. The zero-order valence-electron chi connectivity index (χ0n) is 18.1. The fraction of sp³-hybridized carbons (Fsp3) is 0.174. The Morgan fingerprint density at radius 3 is 2.46 bits per heavy atom. The van der Waals surface area contributed by atoms with Crippen molar-refractivity contribution in [3.8, 4) is 0 Å². The highest BCUT2D eigenvalue weighted by Gasteiger charge is 2.33. The third-order valence-corrected chi connectivity index (χ3v) is 5.75. The van der Waals surface area contributed by atoms with Gasteiger partial charge in [0, 0.05) is 18.5 Å². The number of nitrogens with one attached hydrogen (secondary N) is 2. The molecule has 0 aliphatic rings. The minimum Gasteiger partial charge on any atom is -0.352 e. The molecule has 0 saturated heterocycles. The summed E-state index contributed by atoms with van der Waals surface area (Å²) in [5.41, 5.74) is -0.173. The summed E-state index contributed by atoms with van der Waals surface area (Å²) in [5, 5.41) is 18.1. The molecule has 4 rings (SSSR count). The molecule has 0 aliphatic carbocycles. The highest BCUT2D eigenvalue weighted by atomic mass is 32.2. The molecule has 35 heavy (non-hydrogen) atoms. The summed E-state index contributed by atoms with van der Waals surface area (Å²) in [5.74, 6) is -0.433. The van der Waals surface area contributed by atoms with E-state index in [0.29, 0.717) is 35.0 Å². The van der Waals surface area contributed by atoms with Crippen LogP contribution in [-0.2, 0) is 17.4 Å². The second-order valence-electron chi connectivity index (χ2n) is 7.31. The third-order valence-electron chi connectivity index (χ3n) is 4.83. The van der Waals surface area contributed by atoms with Gasteiger partial charge in [-0.1, -0.05) is 42.1 Å². The molecule has 0 aliphatic heterocycles. The first-order chi connectivity index (χ1) is 16.8. The average molecular weight is 501 g/mol. The molecule has 12 heteroatoms. The maximum absolute atomic E-state index is 13.1. The normalized spacial score (nSPS) is 11.4. The number of anilines is 1. The molecule has 2 aromatic carbocycles. The van der Waals surface area contributed by atoms with Crippen molar-refractivity contribution in [3.05, 3.63) is 83.7 Å². The van der Waals surface area contributed by atoms with Crippen molar-refractivity contribution in [3.63, 3.8) is 0 Å². The Morgan fingerprint density at radius 2 is 1.69 bits per heavy atom. The molecule has 180 valence electrons. The number of hydrogen-bond donors (Lipinski definition) is 2. The molecule has 2 amide bonds. The van der Waals surface area contributed by atoms with E-state index in [2.05, 4.69) is 25.9 Å². The van der Waals surface area contributed by atoms with Gasteiger partial charge < -0.3 is 10.6 Å². The van der Waals surface area contributed by atoms with Gasteiger partial charge in [-0.25, -0.2) is 0 Å². The topological polar surface area (TPSA) is 101 Å². The van der Waals surface area contributed by atoms with Crippen LogP contribution in [0.4, 0.5) is 18.9 Å². The molecule has 0 fully saturated rings. The van der Waals surface area contributed by atoms with Gasteiger partial charge >= 0.3 is 6.18 Å². The molecular formula is C23H19F3N6O2S. The lowest BCUT2D eigenvalue weighted by molar-refractivity contribution is -0.137. The lowest BCUT2D eigenvalue weighted by Gasteiger charge is -2.13. The van der Waals surface area contributed by atoms with Crippen LogP contribution in [0.5, 0.6) is 0 Å². The van der Waals surface area contributed by atoms with Gasteiger partial charge in [0.25, 0.3) is 5.91 Å². The third kappa shape index (κ3) is 6.15. The standard InChI is InChI=1S/C23H19F3N6O2S/c24-23(25,26)16-8-4-5-9-17(16)28-20(33)14-35-21-11-10-18-29-30-19(32(18)31-21)12-13-27-22(34)15-6-2-1-3-7-15/h1-11H,12-14H2,(H,27,34)(H,28,33). The van der Waals surface area contributed by atoms with Crippen molar-refractivity contribution in [2.24, 2.45) is 0 Å². The van der Waals surface area contributed by atoms with Gasteiger partial charge in [0.2, 0.25) is 5.91 Å². The minimum atomic E-state index is -4.57. The molecule has 0 radical (unpaired) electrons. The molecule has 0 saturated carbocycles. The van der Waals surface area contributed by atoms with E-state index >= 15 is 0 Å². The number of alkyl halides is 3. The number of halogens is 3. The Bertz CT molecular complexity index is 1340. The van der Waals surface area contributed by atoms with Crippen molar-refractivity contribution in [1.29, 1.82) is 0 Å². The van der Waals surface area contributed by atoms with Crippen LogP contribution in [0.1, 0.15) is 21.7 Å². The second kappa shape index (κ2) is 10.6. The number of fused-ring (bicyclic) bond motifs is 1. The zero-order chi connectivity index (χ0) is 24.8. The van der Waals surface area contributed by atoms with Crippen molar-refractivity contribution < 1.29 is 22.8 Å². The maximum atomic E-state index is 13.1. The van der Waals surface area contributed by atoms with Gasteiger partial charge in [-0.2, -0.15) is 22.8 Å². The first-order valence-corrected chi connectivity index (χ1v) is 11.4. The van der Waals surface area contributed by atoms with Crippen LogP contribution in [-0.4, -0.2) is 43.9 Å². The molecule has 0 atom stereocenters. The molecule has 4 aromatic rings. The van der Waals surface area contributed by atoms with Crippen LogP contribution in [0, 0.1) is 0 Å². The van der Waals surface area contributed by atoms with Crippen LogP contribution in [0.3, 0.4) is 0 Å². The Hall–Kier alpha value is -3.93. The van der Waals surface area contributed by atoms with E-state index < -0.39 is 17.6 Å². The number of aromatic nitrogens is 4. The van der Waals surface area contributed by atoms with E-state index in [1.807, 2.05) is 6.07 Å². The van der Waals surface area contributed by atoms with E-state index in [1.54, 1.807) is 36.4 Å². The largest absolute Gasteiger partial charge is 0.418 e. The summed E-state index contributed by atoms with van der Waals surface area (Å²) in [6, 6.07) is 16.9. The van der Waals surface area contributed by atoms with E-state index in [0.717, 1.165) is 17.8 Å². The average Bonchev–Trinajstić information content (AvgIpc) is 3.25. The summed E-state index contributed by atoms with van der Waals surface area (Å²) in [4.78, 5) is 24.4. The highest BCUT2D eigenvalue weighted by Crippen LogP contribution is 2.34. The summed E-state index contributed by atoms with van der Waals surface area (Å²) in [6.45, 7) is 0.314. The predicted molar refractivity (Wildman–Crippen MR) is 124 cm³/mol. The number of benzene rings is 2. The molecule has 0 bridgehead atoms. The second-order valence-corrected chi connectivity index (χ2v) is 8.31. The zero-order valence-corrected chi connectivity index (χ0v) is 18.9. The molecule has 2 aromatic heterocycles. The quantitative estimate of drug-likeness (QED) is 0.357. The number of para-hydroxylation sites is 1. The molecule has 0 unspecified atom stereocenters. The van der Waals surface area contributed by atoms with Crippen LogP contribution in [0.25, 0.3) is 5.65 Å². The number of amides is 2. The maximum Gasteiger partial charge on any atom is 0.418 e. The fourth-order valence-electron chi connectivity index (χ4n) is 3.19. The van der Waals surface area contributed by atoms with Gasteiger partial charge in [0.05, 0.1) is 17.0 Å². The van der Waals surface area contributed by atoms with Gasteiger partial charge in [-0.05, 0) is 36.4 Å². The number of carbonyl (C=O) groups is 2. The fourth-order valence-corrected chi connectivity index (χ4v) is 3.85. The molecular weight excluding hydrogens is 481 g/mol. The smallest absolute Gasteiger partial charge is 0.352 e. The van der Waals surface area contributed by atoms with Gasteiger partial charge in [0.1, 0.15) is 5.03 Å². The van der Waals surface area contributed by atoms with E-state index in [9.17, 15) is 22.8 Å². The van der Waals surface area contributed by atoms with Crippen LogP contribution in [0.15, 0.2) is 71.8 Å². The summed E-state index contributed by atoms with van der Waals surface area (Å²) >= 11 is 1.06. The number of hydrogen-bond acceptors (Lipinski definition) is 6. The Morgan fingerprint density at radius 1 is 0.943 bits per heavy atom. The number of rotatable bonds is 8. The van der Waals surface area contributed by atoms with Gasteiger partial charge in [0.15, 0.2) is 11.5 Å². The summed E-state index contributed by atoms with van der Waals surface area (Å²) in [7, 11) is 0. The lowest BCUT2D eigenvalue weighted by atomic mass is 10.1. The van der Waals surface area contributed by atoms with Gasteiger partial charge in [-0.3, -0.25) is 9.59 Å². The first-order valence-electron chi connectivity index (χ1n) is 10.4. The Labute approximate surface area is 201 Å². The molecule has 2 heterocycles. The predicted octanol–water partition coefficient (Wildman–Crippen LogP) is 3.85. The van der Waals surface area contributed by atoms with Crippen molar-refractivity contribution in [2.45, 2.75) is 17.6 Å². The van der Waals surface area contributed by atoms with E-state index in [4.69, 9.17) is 0 Å². The summed E-state index contributed by atoms with van der Waals surface area (Å²) in [6.07, 6.45) is -4.20. The van der Waals surface area contributed by atoms with Crippen LogP contribution < -0.4 is 10.6 Å². The lowest BCUT2D eigenvalue weighted by Crippen LogP contribution is -2.26. The minimum absolute atomic E-state index is 0.144. The van der Waals surface area contributed by atoms with Crippen LogP contribution in [0.2, 0.25) is 0 Å². The number of carbonyl (C=O) groups excluding carboxylic acids is 2. The van der Waals surface area contributed by atoms with Crippen molar-refractivity contribution in [2.75, 3.05) is 17.6 Å². The van der Waals surface area contributed by atoms with Crippen molar-refractivity contribution >= 4 is 34.9 Å².